The third-order valence-corrected chi connectivity index (χ3v) is 3.89. The van der Waals surface area contributed by atoms with Gasteiger partial charge in [0.2, 0.25) is 0 Å². The summed E-state index contributed by atoms with van der Waals surface area (Å²) < 4.78 is 11.6. The predicted octanol–water partition coefficient (Wildman–Crippen LogP) is 2.53. The Morgan fingerprint density at radius 2 is 1.74 bits per heavy atom. The van der Waals surface area contributed by atoms with E-state index >= 15 is 0 Å². The molecule has 0 radical (unpaired) electrons. The SMILES string of the molecule is S=C(NCCc1ccccc1)NC[C@@H]1COc2ccccc2O1. The van der Waals surface area contributed by atoms with Crippen molar-refractivity contribution in [1.82, 2.24) is 10.6 Å². The lowest BCUT2D eigenvalue weighted by Gasteiger charge is -2.27. The van der Waals surface area contributed by atoms with Crippen LogP contribution >= 0.6 is 12.2 Å². The maximum atomic E-state index is 5.88. The molecule has 5 heteroatoms. The first-order valence-corrected chi connectivity index (χ1v) is 8.16. The quantitative estimate of drug-likeness (QED) is 0.826. The fourth-order valence-corrected chi connectivity index (χ4v) is 2.58. The summed E-state index contributed by atoms with van der Waals surface area (Å²) in [5, 5.41) is 7.04. The van der Waals surface area contributed by atoms with Crippen LogP contribution in [0.25, 0.3) is 0 Å². The molecule has 1 aliphatic heterocycles. The molecule has 0 spiro atoms. The number of nitrogens with one attached hydrogen (secondary N) is 2. The average molecular weight is 328 g/mol. The molecule has 0 aromatic heterocycles. The minimum atomic E-state index is -0.0428. The van der Waals surface area contributed by atoms with Crippen LogP contribution in [-0.2, 0) is 6.42 Å². The van der Waals surface area contributed by atoms with Crippen LogP contribution in [0.1, 0.15) is 5.56 Å². The number of hydrogen-bond donors (Lipinski definition) is 2. The van der Waals surface area contributed by atoms with E-state index in [0.717, 1.165) is 24.5 Å². The number of benzene rings is 2. The van der Waals surface area contributed by atoms with E-state index in [1.165, 1.54) is 5.56 Å². The van der Waals surface area contributed by atoms with Gasteiger partial charge in [0.1, 0.15) is 12.7 Å². The van der Waals surface area contributed by atoms with E-state index in [0.29, 0.717) is 18.3 Å². The monoisotopic (exact) mass is 328 g/mol. The van der Waals surface area contributed by atoms with E-state index < -0.39 is 0 Å². The number of para-hydroxylation sites is 2. The zero-order valence-electron chi connectivity index (χ0n) is 12.8. The van der Waals surface area contributed by atoms with Crippen LogP contribution in [0.5, 0.6) is 11.5 Å². The lowest BCUT2D eigenvalue weighted by Crippen LogP contribution is -2.44. The van der Waals surface area contributed by atoms with Crippen LogP contribution in [0.15, 0.2) is 54.6 Å². The third-order valence-electron chi connectivity index (χ3n) is 3.60. The van der Waals surface area contributed by atoms with E-state index in [1.807, 2.05) is 42.5 Å². The lowest BCUT2D eigenvalue weighted by atomic mass is 10.1. The minimum Gasteiger partial charge on any atom is -0.486 e. The van der Waals surface area contributed by atoms with E-state index in [-0.39, 0.29) is 6.10 Å². The van der Waals surface area contributed by atoms with Gasteiger partial charge < -0.3 is 20.1 Å². The smallest absolute Gasteiger partial charge is 0.166 e. The second kappa shape index (κ2) is 7.83. The number of fused-ring (bicyclic) bond motifs is 1. The molecule has 2 aromatic rings. The summed E-state index contributed by atoms with van der Waals surface area (Å²) in [7, 11) is 0. The predicted molar refractivity (Wildman–Crippen MR) is 95.1 cm³/mol. The maximum Gasteiger partial charge on any atom is 0.166 e. The summed E-state index contributed by atoms with van der Waals surface area (Å²) >= 11 is 5.30. The molecule has 0 bridgehead atoms. The summed E-state index contributed by atoms with van der Waals surface area (Å²) in [6.45, 7) is 1.95. The van der Waals surface area contributed by atoms with Gasteiger partial charge in [0.25, 0.3) is 0 Å². The van der Waals surface area contributed by atoms with Crippen molar-refractivity contribution >= 4 is 17.3 Å². The van der Waals surface area contributed by atoms with Crippen molar-refractivity contribution in [3.63, 3.8) is 0 Å². The van der Waals surface area contributed by atoms with Gasteiger partial charge in [-0.3, -0.25) is 0 Å². The minimum absolute atomic E-state index is 0.0428. The molecule has 1 aliphatic rings. The molecule has 0 saturated carbocycles. The number of thiocarbonyl (C=S) groups is 1. The summed E-state index contributed by atoms with van der Waals surface area (Å²) in [5.74, 6) is 1.58. The number of rotatable bonds is 5. The zero-order valence-corrected chi connectivity index (χ0v) is 13.6. The van der Waals surface area contributed by atoms with Gasteiger partial charge in [-0.25, -0.2) is 0 Å². The lowest BCUT2D eigenvalue weighted by molar-refractivity contribution is 0.0937. The molecule has 2 aromatic carbocycles. The van der Waals surface area contributed by atoms with Crippen LogP contribution in [0.2, 0.25) is 0 Å². The Morgan fingerprint density at radius 1 is 1.00 bits per heavy atom. The first-order chi connectivity index (χ1) is 11.3. The molecule has 3 rings (SSSR count). The van der Waals surface area contributed by atoms with E-state index in [9.17, 15) is 0 Å². The summed E-state index contributed by atoms with van der Waals surface area (Å²) in [6, 6.07) is 18.0. The summed E-state index contributed by atoms with van der Waals surface area (Å²) in [4.78, 5) is 0. The fourth-order valence-electron chi connectivity index (χ4n) is 2.40. The second-order valence-corrected chi connectivity index (χ2v) is 5.78. The Morgan fingerprint density at radius 3 is 2.57 bits per heavy atom. The van der Waals surface area contributed by atoms with E-state index in [2.05, 4.69) is 22.8 Å². The highest BCUT2D eigenvalue weighted by Gasteiger charge is 2.20. The maximum absolute atomic E-state index is 5.88. The zero-order chi connectivity index (χ0) is 15.9. The van der Waals surface area contributed by atoms with Crippen molar-refractivity contribution in [2.45, 2.75) is 12.5 Å². The van der Waals surface area contributed by atoms with Crippen molar-refractivity contribution in [2.75, 3.05) is 19.7 Å². The van der Waals surface area contributed by atoms with Gasteiger partial charge >= 0.3 is 0 Å². The molecule has 4 nitrogen and oxygen atoms in total. The van der Waals surface area contributed by atoms with E-state index in [1.54, 1.807) is 0 Å². The molecule has 23 heavy (non-hydrogen) atoms. The van der Waals surface area contributed by atoms with Gasteiger partial charge in [-0.1, -0.05) is 42.5 Å². The van der Waals surface area contributed by atoms with Crippen molar-refractivity contribution in [3.05, 3.63) is 60.2 Å². The van der Waals surface area contributed by atoms with Gasteiger partial charge in [0, 0.05) is 6.54 Å². The Bertz CT molecular complexity index is 648. The highest BCUT2D eigenvalue weighted by molar-refractivity contribution is 7.80. The number of ether oxygens (including phenoxy) is 2. The third kappa shape index (κ3) is 4.60. The topological polar surface area (TPSA) is 42.5 Å². The molecule has 1 heterocycles. The largest absolute Gasteiger partial charge is 0.486 e. The van der Waals surface area contributed by atoms with Gasteiger partial charge in [0.15, 0.2) is 16.6 Å². The van der Waals surface area contributed by atoms with Gasteiger partial charge in [-0.15, -0.1) is 0 Å². The highest BCUT2D eigenvalue weighted by atomic mass is 32.1. The average Bonchev–Trinajstić information content (AvgIpc) is 2.61. The first kappa shape index (κ1) is 15.6. The molecular weight excluding hydrogens is 308 g/mol. The molecule has 0 unspecified atom stereocenters. The highest BCUT2D eigenvalue weighted by Crippen LogP contribution is 2.30. The standard InChI is InChI=1S/C18H20N2O2S/c23-18(19-11-10-14-6-2-1-3-7-14)20-12-15-13-21-16-8-4-5-9-17(16)22-15/h1-9,15H,10-13H2,(H2,19,20,23)/t15-/m1/s1. The van der Waals surface area contributed by atoms with E-state index in [4.69, 9.17) is 21.7 Å². The Labute approximate surface area is 141 Å². The Kier molecular flexibility index (Phi) is 5.32. The Balaban J connectivity index is 1.37. The number of hydrogen-bond acceptors (Lipinski definition) is 3. The summed E-state index contributed by atoms with van der Waals surface area (Å²) in [6.07, 6.45) is 0.901. The van der Waals surface area contributed by atoms with Crippen LogP contribution in [0.3, 0.4) is 0 Å². The molecular formula is C18H20N2O2S. The second-order valence-electron chi connectivity index (χ2n) is 5.37. The van der Waals surface area contributed by atoms with Crippen LogP contribution < -0.4 is 20.1 Å². The fraction of sp³-hybridized carbons (Fsp3) is 0.278. The summed E-state index contributed by atoms with van der Waals surface area (Å²) in [5.41, 5.74) is 1.29. The van der Waals surface area contributed by atoms with Crippen LogP contribution in [0, 0.1) is 0 Å². The molecule has 2 N–H and O–H groups in total. The van der Waals surface area contributed by atoms with Gasteiger partial charge in [0.05, 0.1) is 6.54 Å². The van der Waals surface area contributed by atoms with Gasteiger partial charge in [-0.2, -0.15) is 0 Å². The molecule has 0 saturated heterocycles. The molecule has 0 fully saturated rings. The van der Waals surface area contributed by atoms with Crippen molar-refractivity contribution in [1.29, 1.82) is 0 Å². The molecule has 0 amide bonds. The normalized spacial score (nSPS) is 15.7. The molecule has 0 aliphatic carbocycles. The van der Waals surface area contributed by atoms with Crippen LogP contribution in [-0.4, -0.2) is 30.9 Å². The molecule has 1 atom stereocenters. The molecule has 120 valence electrons. The van der Waals surface area contributed by atoms with Crippen LogP contribution in [0.4, 0.5) is 0 Å². The van der Waals surface area contributed by atoms with Crippen molar-refractivity contribution in [2.24, 2.45) is 0 Å². The van der Waals surface area contributed by atoms with Gasteiger partial charge in [-0.05, 0) is 36.3 Å². The first-order valence-electron chi connectivity index (χ1n) is 7.75. The van der Waals surface area contributed by atoms with Crippen molar-refractivity contribution in [3.8, 4) is 11.5 Å². The van der Waals surface area contributed by atoms with Crippen molar-refractivity contribution < 1.29 is 9.47 Å². The Hall–Kier alpha value is -2.27.